The number of rotatable bonds is 2. The standard InChI is InChI=1S/C32H42N5/c1-19-15-22(30(3,4)5)17-24(20(19)2)26-23-14-13-21(16-25(23)33-18-37(26)12)27-34-28(31(6,7)8)36-29(35-27)32(9,10)11/h13-18H,1-12H3/q+1. The Kier molecular flexibility index (Phi) is 6.51. The van der Waals surface area contributed by atoms with Gasteiger partial charge in [0.05, 0.1) is 12.4 Å². The number of aromatic nitrogens is 5. The summed E-state index contributed by atoms with van der Waals surface area (Å²) in [5.41, 5.74) is 7.94. The molecule has 4 aromatic rings. The molecule has 5 heteroatoms. The number of aryl methyl sites for hydroxylation is 2. The molecule has 194 valence electrons. The molecule has 0 fully saturated rings. The fourth-order valence-corrected chi connectivity index (χ4v) is 4.42. The molecule has 2 aromatic carbocycles. The third kappa shape index (κ3) is 5.27. The van der Waals surface area contributed by atoms with Gasteiger partial charge >= 0.3 is 0 Å². The maximum Gasteiger partial charge on any atom is 0.287 e. The van der Waals surface area contributed by atoms with Gasteiger partial charge in [0.25, 0.3) is 6.33 Å². The van der Waals surface area contributed by atoms with Crippen molar-refractivity contribution in [3.8, 4) is 22.6 Å². The van der Waals surface area contributed by atoms with Gasteiger partial charge in [-0.2, -0.15) is 0 Å². The van der Waals surface area contributed by atoms with Crippen LogP contribution in [0.3, 0.4) is 0 Å². The second-order valence-corrected chi connectivity index (χ2v) is 13.5. The molecule has 0 amide bonds. The van der Waals surface area contributed by atoms with Gasteiger partial charge in [0, 0.05) is 28.0 Å². The second-order valence-electron chi connectivity index (χ2n) is 13.5. The number of hydrogen-bond acceptors (Lipinski definition) is 4. The molecule has 0 saturated carbocycles. The first-order valence-corrected chi connectivity index (χ1v) is 13.1. The van der Waals surface area contributed by atoms with Crippen molar-refractivity contribution in [2.24, 2.45) is 7.05 Å². The number of benzene rings is 2. The highest BCUT2D eigenvalue weighted by molar-refractivity contribution is 5.93. The highest BCUT2D eigenvalue weighted by atomic mass is 15.1. The zero-order chi connectivity index (χ0) is 27.5. The van der Waals surface area contributed by atoms with Crippen LogP contribution in [0.5, 0.6) is 0 Å². The molecule has 0 atom stereocenters. The van der Waals surface area contributed by atoms with Crippen molar-refractivity contribution in [1.82, 2.24) is 19.9 Å². The van der Waals surface area contributed by atoms with E-state index in [1.807, 2.05) is 6.33 Å². The van der Waals surface area contributed by atoms with Crippen molar-refractivity contribution in [3.05, 3.63) is 65.0 Å². The van der Waals surface area contributed by atoms with Gasteiger partial charge in [-0.3, -0.25) is 0 Å². The highest BCUT2D eigenvalue weighted by Gasteiger charge is 2.26. The summed E-state index contributed by atoms with van der Waals surface area (Å²) in [6, 6.07) is 11.1. The van der Waals surface area contributed by atoms with Crippen molar-refractivity contribution in [2.45, 2.75) is 92.4 Å². The normalized spacial score (nSPS) is 12.9. The van der Waals surface area contributed by atoms with Crippen LogP contribution in [0.15, 0.2) is 36.7 Å². The van der Waals surface area contributed by atoms with Gasteiger partial charge in [-0.15, -0.1) is 0 Å². The lowest BCUT2D eigenvalue weighted by molar-refractivity contribution is -0.662. The SMILES string of the molecule is Cc1cc(C(C)(C)C)cc(-c2c3ccc(-c4nc(C(C)(C)C)nc(C(C)(C)C)n4)cc3nc[n+]2C)c1C. The van der Waals surface area contributed by atoms with E-state index in [4.69, 9.17) is 19.9 Å². The van der Waals surface area contributed by atoms with Gasteiger partial charge in [0.1, 0.15) is 17.3 Å². The van der Waals surface area contributed by atoms with Crippen LogP contribution in [-0.4, -0.2) is 19.9 Å². The molecule has 5 nitrogen and oxygen atoms in total. The number of nitrogens with zero attached hydrogens (tertiary/aromatic N) is 5. The lowest BCUT2D eigenvalue weighted by Crippen LogP contribution is -2.32. The molecule has 0 radical (unpaired) electrons. The summed E-state index contributed by atoms with van der Waals surface area (Å²) in [6.07, 6.45) is 1.91. The Morgan fingerprint density at radius 2 is 1.30 bits per heavy atom. The second kappa shape index (κ2) is 8.97. The first-order chi connectivity index (χ1) is 17.0. The van der Waals surface area contributed by atoms with Crippen molar-refractivity contribution >= 4 is 10.9 Å². The first kappa shape index (κ1) is 26.8. The van der Waals surface area contributed by atoms with Crippen LogP contribution in [0.4, 0.5) is 0 Å². The van der Waals surface area contributed by atoms with Gasteiger partial charge in [-0.05, 0) is 53.1 Å². The minimum Gasteiger partial charge on any atom is -0.232 e. The fourth-order valence-electron chi connectivity index (χ4n) is 4.42. The molecule has 0 aliphatic rings. The quantitative estimate of drug-likeness (QED) is 0.278. The van der Waals surface area contributed by atoms with Crippen LogP contribution in [0.1, 0.15) is 90.7 Å². The van der Waals surface area contributed by atoms with Crippen LogP contribution in [0, 0.1) is 13.8 Å². The van der Waals surface area contributed by atoms with Crippen molar-refractivity contribution < 1.29 is 4.57 Å². The van der Waals surface area contributed by atoms with E-state index in [0.717, 1.165) is 28.1 Å². The average Bonchev–Trinajstić information content (AvgIpc) is 2.78. The summed E-state index contributed by atoms with van der Waals surface area (Å²) >= 11 is 0. The van der Waals surface area contributed by atoms with Crippen molar-refractivity contribution in [2.75, 3.05) is 0 Å². The van der Waals surface area contributed by atoms with E-state index in [1.165, 1.54) is 27.9 Å². The first-order valence-electron chi connectivity index (χ1n) is 13.1. The van der Waals surface area contributed by atoms with Crippen LogP contribution in [0.2, 0.25) is 0 Å². The molecule has 0 spiro atoms. The smallest absolute Gasteiger partial charge is 0.232 e. The molecule has 0 N–H and O–H groups in total. The molecule has 0 unspecified atom stereocenters. The predicted octanol–water partition coefficient (Wildman–Crippen LogP) is 7.09. The molecule has 2 heterocycles. The van der Waals surface area contributed by atoms with Crippen molar-refractivity contribution in [1.29, 1.82) is 0 Å². The summed E-state index contributed by atoms with van der Waals surface area (Å²) in [5.74, 6) is 2.31. The third-order valence-corrected chi connectivity index (χ3v) is 7.00. The maximum atomic E-state index is 4.90. The Hall–Kier alpha value is -3.21. The van der Waals surface area contributed by atoms with E-state index >= 15 is 0 Å². The molecule has 0 bridgehead atoms. The average molecular weight is 497 g/mol. The van der Waals surface area contributed by atoms with Crippen LogP contribution >= 0.6 is 0 Å². The molecular weight excluding hydrogens is 454 g/mol. The summed E-state index contributed by atoms with van der Waals surface area (Å²) < 4.78 is 2.13. The Labute approximate surface area is 222 Å². The summed E-state index contributed by atoms with van der Waals surface area (Å²) in [4.78, 5) is 19.4. The minimum atomic E-state index is -0.179. The largest absolute Gasteiger partial charge is 0.287 e. The van der Waals surface area contributed by atoms with Gasteiger partial charge in [-0.1, -0.05) is 74.4 Å². The molecule has 0 aliphatic heterocycles. The Morgan fingerprint density at radius 1 is 0.703 bits per heavy atom. The maximum absolute atomic E-state index is 4.90. The monoisotopic (exact) mass is 496 g/mol. The molecule has 0 saturated heterocycles. The van der Waals surface area contributed by atoms with E-state index in [0.29, 0.717) is 5.82 Å². The van der Waals surface area contributed by atoms with Gasteiger partial charge in [0.15, 0.2) is 11.3 Å². The molecule has 2 aromatic heterocycles. The minimum absolute atomic E-state index is 0.0655. The summed E-state index contributed by atoms with van der Waals surface area (Å²) in [6.45, 7) is 24.1. The van der Waals surface area contributed by atoms with E-state index in [1.54, 1.807) is 0 Å². The molecule has 4 rings (SSSR count). The Bertz CT molecular complexity index is 1460. The summed E-state index contributed by atoms with van der Waals surface area (Å²) in [7, 11) is 2.07. The van der Waals surface area contributed by atoms with E-state index in [-0.39, 0.29) is 16.2 Å². The molecular formula is C32H42N5+. The fraction of sp³-hybridized carbons (Fsp3) is 0.469. The highest BCUT2D eigenvalue weighted by Crippen LogP contribution is 2.35. The van der Waals surface area contributed by atoms with Gasteiger partial charge in [0.2, 0.25) is 0 Å². The number of fused-ring (bicyclic) bond motifs is 1. The Balaban J connectivity index is 1.95. The zero-order valence-electron chi connectivity index (χ0n) is 24.7. The van der Waals surface area contributed by atoms with Crippen LogP contribution in [-0.2, 0) is 23.3 Å². The van der Waals surface area contributed by atoms with Crippen molar-refractivity contribution in [3.63, 3.8) is 0 Å². The topological polar surface area (TPSA) is 55.4 Å². The third-order valence-electron chi connectivity index (χ3n) is 7.00. The predicted molar refractivity (Wildman–Crippen MR) is 153 cm³/mol. The van der Waals surface area contributed by atoms with Crippen LogP contribution < -0.4 is 4.57 Å². The van der Waals surface area contributed by atoms with Crippen LogP contribution in [0.25, 0.3) is 33.5 Å². The van der Waals surface area contributed by atoms with Gasteiger partial charge in [-0.25, -0.2) is 19.5 Å². The van der Waals surface area contributed by atoms with E-state index in [2.05, 4.69) is 118 Å². The zero-order valence-corrected chi connectivity index (χ0v) is 24.7. The summed E-state index contributed by atoms with van der Waals surface area (Å²) in [5, 5.41) is 1.11. The molecule has 0 aliphatic carbocycles. The Morgan fingerprint density at radius 3 is 1.84 bits per heavy atom. The van der Waals surface area contributed by atoms with E-state index in [9.17, 15) is 0 Å². The van der Waals surface area contributed by atoms with E-state index < -0.39 is 0 Å². The number of hydrogen-bond donors (Lipinski definition) is 0. The van der Waals surface area contributed by atoms with Gasteiger partial charge < -0.3 is 0 Å². The molecule has 37 heavy (non-hydrogen) atoms. The lowest BCUT2D eigenvalue weighted by atomic mass is 9.83. The lowest BCUT2D eigenvalue weighted by Gasteiger charge is -2.23.